The first kappa shape index (κ1) is 15.8. The zero-order valence-corrected chi connectivity index (χ0v) is 12.7. The van der Waals surface area contributed by atoms with E-state index in [0.29, 0.717) is 30.8 Å². The molecule has 1 aromatic heterocycles. The van der Waals surface area contributed by atoms with Gasteiger partial charge in [-0.15, -0.1) is 0 Å². The van der Waals surface area contributed by atoms with E-state index in [-0.39, 0.29) is 11.7 Å². The summed E-state index contributed by atoms with van der Waals surface area (Å²) in [6, 6.07) is 7.10. The fourth-order valence-corrected chi connectivity index (χ4v) is 2.05. The normalized spacial score (nSPS) is 10.3. The second-order valence-electron chi connectivity index (χ2n) is 4.92. The number of carbonyl (C=O) groups excluding carboxylic acids is 2. The van der Waals surface area contributed by atoms with Gasteiger partial charge in [-0.05, 0) is 30.7 Å². The van der Waals surface area contributed by atoms with Crippen LogP contribution in [0.15, 0.2) is 36.7 Å². The molecule has 1 N–H and O–H groups in total. The maximum atomic E-state index is 11.9. The number of aryl methyl sites for hydroxylation is 1. The minimum atomic E-state index is -0.113. The van der Waals surface area contributed by atoms with Crippen LogP contribution in [0.25, 0.3) is 0 Å². The van der Waals surface area contributed by atoms with Crippen molar-refractivity contribution in [2.75, 3.05) is 12.4 Å². The lowest BCUT2D eigenvalue weighted by Gasteiger charge is -2.06. The van der Waals surface area contributed by atoms with Gasteiger partial charge in [-0.1, -0.05) is 0 Å². The molecule has 0 aliphatic rings. The molecule has 0 radical (unpaired) electrons. The van der Waals surface area contributed by atoms with Crippen molar-refractivity contribution in [3.63, 3.8) is 0 Å². The maximum Gasteiger partial charge on any atom is 0.224 e. The van der Waals surface area contributed by atoms with Crippen LogP contribution in [-0.2, 0) is 11.8 Å². The molecule has 0 aliphatic carbocycles. The predicted octanol–water partition coefficient (Wildman–Crippen LogP) is 2.42. The van der Waals surface area contributed by atoms with Gasteiger partial charge in [-0.3, -0.25) is 9.59 Å². The first-order chi connectivity index (χ1) is 10.6. The number of methoxy groups -OCH3 is 1. The van der Waals surface area contributed by atoms with Crippen LogP contribution in [0.4, 0.5) is 5.69 Å². The number of nitrogens with zero attached hydrogens (tertiary/aromatic N) is 2. The Balaban J connectivity index is 1.75. The van der Waals surface area contributed by atoms with Crippen LogP contribution in [0, 0.1) is 0 Å². The van der Waals surface area contributed by atoms with Crippen molar-refractivity contribution < 1.29 is 14.3 Å². The lowest BCUT2D eigenvalue weighted by atomic mass is 10.1. The first-order valence-corrected chi connectivity index (χ1v) is 7.04. The van der Waals surface area contributed by atoms with Crippen molar-refractivity contribution in [1.29, 1.82) is 0 Å². The largest absolute Gasteiger partial charge is 0.497 e. The smallest absolute Gasteiger partial charge is 0.224 e. The Bertz CT molecular complexity index is 647. The third-order valence-corrected chi connectivity index (χ3v) is 3.25. The van der Waals surface area contributed by atoms with Crippen molar-refractivity contribution in [3.8, 4) is 5.75 Å². The molecule has 6 heteroatoms. The highest BCUT2D eigenvalue weighted by molar-refractivity contribution is 5.94. The topological polar surface area (TPSA) is 73.2 Å². The number of hydrogen-bond acceptors (Lipinski definition) is 4. The second kappa shape index (κ2) is 7.40. The van der Waals surface area contributed by atoms with Crippen molar-refractivity contribution in [3.05, 3.63) is 42.5 Å². The average Bonchev–Trinajstić information content (AvgIpc) is 2.94. The number of hydrogen-bond donors (Lipinski definition) is 1. The fraction of sp³-hybridized carbons (Fsp3) is 0.312. The summed E-state index contributed by atoms with van der Waals surface area (Å²) in [5.74, 6) is 0.997. The first-order valence-electron chi connectivity index (χ1n) is 7.04. The number of aromatic nitrogens is 2. The summed E-state index contributed by atoms with van der Waals surface area (Å²) >= 11 is 0. The van der Waals surface area contributed by atoms with E-state index in [1.165, 1.54) is 0 Å². The zero-order chi connectivity index (χ0) is 15.9. The van der Waals surface area contributed by atoms with Gasteiger partial charge in [-0.25, -0.2) is 4.98 Å². The van der Waals surface area contributed by atoms with Gasteiger partial charge in [0, 0.05) is 38.0 Å². The Kier molecular flexibility index (Phi) is 5.30. The molecule has 22 heavy (non-hydrogen) atoms. The molecule has 0 saturated carbocycles. The molecule has 0 saturated heterocycles. The van der Waals surface area contributed by atoms with Crippen LogP contribution in [0.5, 0.6) is 5.75 Å². The summed E-state index contributed by atoms with van der Waals surface area (Å²) in [7, 11) is 3.36. The summed E-state index contributed by atoms with van der Waals surface area (Å²) < 4.78 is 6.73. The number of nitrogens with one attached hydrogen (secondary N) is 1. The molecule has 0 unspecified atom stereocenters. The third kappa shape index (κ3) is 4.18. The molecule has 1 amide bonds. The Labute approximate surface area is 129 Å². The highest BCUT2D eigenvalue weighted by Crippen LogP contribution is 2.15. The van der Waals surface area contributed by atoms with Crippen LogP contribution in [0.1, 0.15) is 29.9 Å². The van der Waals surface area contributed by atoms with Crippen molar-refractivity contribution in [2.24, 2.45) is 7.05 Å². The second-order valence-corrected chi connectivity index (χ2v) is 4.92. The lowest BCUT2D eigenvalue weighted by molar-refractivity contribution is -0.116. The molecule has 0 aliphatic heterocycles. The summed E-state index contributed by atoms with van der Waals surface area (Å²) in [4.78, 5) is 27.7. The van der Waals surface area contributed by atoms with E-state index >= 15 is 0 Å². The number of benzene rings is 1. The van der Waals surface area contributed by atoms with E-state index in [9.17, 15) is 9.59 Å². The highest BCUT2D eigenvalue weighted by atomic mass is 16.5. The lowest BCUT2D eigenvalue weighted by Crippen LogP contribution is -2.13. The van der Waals surface area contributed by atoms with Crippen LogP contribution < -0.4 is 10.1 Å². The van der Waals surface area contributed by atoms with Crippen molar-refractivity contribution >= 4 is 17.4 Å². The minimum Gasteiger partial charge on any atom is -0.497 e. The van der Waals surface area contributed by atoms with Gasteiger partial charge in [0.05, 0.1) is 7.11 Å². The summed E-state index contributed by atoms with van der Waals surface area (Å²) in [6.07, 6.45) is 4.41. The number of amides is 1. The Hall–Kier alpha value is -2.63. The van der Waals surface area contributed by atoms with Crippen LogP contribution in [-0.4, -0.2) is 28.4 Å². The van der Waals surface area contributed by atoms with Gasteiger partial charge in [0.25, 0.3) is 0 Å². The number of rotatable bonds is 7. The predicted molar refractivity (Wildman–Crippen MR) is 83.0 cm³/mol. The quantitative estimate of drug-likeness (QED) is 0.797. The summed E-state index contributed by atoms with van der Waals surface area (Å²) in [6.45, 7) is 0. The number of Topliss-reactive ketones (excluding diaryl/α,β-unsaturated/α-hetero) is 1. The van der Waals surface area contributed by atoms with Crippen molar-refractivity contribution in [2.45, 2.75) is 19.3 Å². The van der Waals surface area contributed by atoms with E-state index in [1.54, 1.807) is 55.4 Å². The van der Waals surface area contributed by atoms with Crippen LogP contribution >= 0.6 is 0 Å². The minimum absolute atomic E-state index is 0.0512. The number of ketones is 1. The van der Waals surface area contributed by atoms with Crippen LogP contribution in [0.2, 0.25) is 0 Å². The molecule has 6 nitrogen and oxygen atoms in total. The molecule has 0 spiro atoms. The summed E-state index contributed by atoms with van der Waals surface area (Å²) in [5.41, 5.74) is 0.709. The molecule has 1 heterocycles. The van der Waals surface area contributed by atoms with Gasteiger partial charge in [0.2, 0.25) is 5.91 Å². The van der Waals surface area contributed by atoms with Gasteiger partial charge >= 0.3 is 0 Å². The molecule has 116 valence electrons. The van der Waals surface area contributed by atoms with E-state index in [1.807, 2.05) is 0 Å². The van der Waals surface area contributed by atoms with Gasteiger partial charge in [0.15, 0.2) is 11.6 Å². The SMILES string of the molecule is COc1ccc(NC(=O)CCCC(=O)c2nccn2C)cc1. The average molecular weight is 301 g/mol. The number of ether oxygens (including phenoxy) is 1. The molecule has 2 aromatic rings. The number of carbonyl (C=O) groups is 2. The molecule has 0 atom stereocenters. The Morgan fingerprint density at radius 3 is 2.55 bits per heavy atom. The monoisotopic (exact) mass is 301 g/mol. The molecular weight excluding hydrogens is 282 g/mol. The van der Waals surface area contributed by atoms with Gasteiger partial charge in [0.1, 0.15) is 5.75 Å². The molecule has 0 bridgehead atoms. The fourth-order valence-electron chi connectivity index (χ4n) is 2.05. The van der Waals surface area contributed by atoms with E-state index in [4.69, 9.17) is 4.74 Å². The maximum absolute atomic E-state index is 11.9. The van der Waals surface area contributed by atoms with Gasteiger partial charge < -0.3 is 14.6 Å². The van der Waals surface area contributed by atoms with Crippen molar-refractivity contribution in [1.82, 2.24) is 9.55 Å². The van der Waals surface area contributed by atoms with E-state index in [0.717, 1.165) is 5.75 Å². The third-order valence-electron chi connectivity index (χ3n) is 3.25. The van der Waals surface area contributed by atoms with E-state index in [2.05, 4.69) is 10.3 Å². The standard InChI is InChI=1S/C16H19N3O3/c1-19-11-10-17-16(19)14(20)4-3-5-15(21)18-12-6-8-13(22-2)9-7-12/h6-11H,3-5H2,1-2H3,(H,18,21). The highest BCUT2D eigenvalue weighted by Gasteiger charge is 2.11. The zero-order valence-electron chi connectivity index (χ0n) is 12.7. The number of imidazole rings is 1. The number of anilines is 1. The summed E-state index contributed by atoms with van der Waals surface area (Å²) in [5, 5.41) is 2.79. The Morgan fingerprint density at radius 1 is 1.23 bits per heavy atom. The molecule has 1 aromatic carbocycles. The van der Waals surface area contributed by atoms with Crippen LogP contribution in [0.3, 0.4) is 0 Å². The molecule has 0 fully saturated rings. The van der Waals surface area contributed by atoms with E-state index < -0.39 is 0 Å². The molecular formula is C16H19N3O3. The Morgan fingerprint density at radius 2 is 1.95 bits per heavy atom. The van der Waals surface area contributed by atoms with Gasteiger partial charge in [-0.2, -0.15) is 0 Å². The molecule has 2 rings (SSSR count).